The minimum atomic E-state index is -0.542. The molecule has 0 saturated heterocycles. The Balaban J connectivity index is 2.16. The fourth-order valence-electron chi connectivity index (χ4n) is 2.38. The van der Waals surface area contributed by atoms with Crippen LogP contribution in [-0.2, 0) is 11.8 Å². The second kappa shape index (κ2) is 5.94. The summed E-state index contributed by atoms with van der Waals surface area (Å²) in [5, 5.41) is 18.5. The normalized spacial score (nSPS) is 13.2. The van der Waals surface area contributed by atoms with Crippen LogP contribution in [0, 0.1) is 13.8 Å². The third-order valence-electron chi connectivity index (χ3n) is 3.75. The summed E-state index contributed by atoms with van der Waals surface area (Å²) in [6.07, 6.45) is 0.0517. The standard InChI is InChI=1S/C18H24N2O/c1-12-10-16(13(2)20-19-12)17(21)11-14-6-8-15(9-7-14)18(3,4)5/h6-10,17,21H,11H2,1-5H3. The van der Waals surface area contributed by atoms with Gasteiger partial charge in [0.25, 0.3) is 0 Å². The lowest BCUT2D eigenvalue weighted by molar-refractivity contribution is 0.177. The third kappa shape index (κ3) is 3.88. The van der Waals surface area contributed by atoms with Crippen LogP contribution in [0.4, 0.5) is 0 Å². The lowest BCUT2D eigenvalue weighted by Crippen LogP contribution is -2.11. The van der Waals surface area contributed by atoms with Gasteiger partial charge in [-0.05, 0) is 36.5 Å². The van der Waals surface area contributed by atoms with Crippen molar-refractivity contribution in [1.29, 1.82) is 0 Å². The molecule has 2 aromatic rings. The third-order valence-corrected chi connectivity index (χ3v) is 3.75. The van der Waals surface area contributed by atoms with Gasteiger partial charge < -0.3 is 5.11 Å². The summed E-state index contributed by atoms with van der Waals surface area (Å²) in [7, 11) is 0. The zero-order chi connectivity index (χ0) is 15.6. The van der Waals surface area contributed by atoms with Crippen LogP contribution in [0.3, 0.4) is 0 Å². The number of benzene rings is 1. The predicted molar refractivity (Wildman–Crippen MR) is 85.3 cm³/mol. The number of aromatic nitrogens is 2. The molecule has 0 amide bonds. The molecule has 0 bridgehead atoms. The highest BCUT2D eigenvalue weighted by molar-refractivity contribution is 5.30. The minimum absolute atomic E-state index is 0.153. The molecule has 21 heavy (non-hydrogen) atoms. The summed E-state index contributed by atoms with van der Waals surface area (Å²) in [5.74, 6) is 0. The van der Waals surface area contributed by atoms with Gasteiger partial charge in [-0.2, -0.15) is 10.2 Å². The van der Waals surface area contributed by atoms with Crippen molar-refractivity contribution in [3.63, 3.8) is 0 Å². The van der Waals surface area contributed by atoms with Crippen molar-refractivity contribution in [2.75, 3.05) is 0 Å². The molecule has 2 rings (SSSR count). The first-order chi connectivity index (χ1) is 9.77. The van der Waals surface area contributed by atoms with Gasteiger partial charge in [-0.25, -0.2) is 0 Å². The molecule has 0 aliphatic rings. The first-order valence-corrected chi connectivity index (χ1v) is 7.35. The number of aryl methyl sites for hydroxylation is 2. The van der Waals surface area contributed by atoms with Gasteiger partial charge in [0.2, 0.25) is 0 Å². The van der Waals surface area contributed by atoms with Crippen molar-refractivity contribution in [3.8, 4) is 0 Å². The molecule has 1 N–H and O–H groups in total. The Morgan fingerprint density at radius 1 is 1.05 bits per heavy atom. The number of hydrogen-bond acceptors (Lipinski definition) is 3. The first kappa shape index (κ1) is 15.6. The molecule has 112 valence electrons. The highest BCUT2D eigenvalue weighted by Gasteiger charge is 2.15. The maximum absolute atomic E-state index is 10.4. The number of aliphatic hydroxyl groups is 1. The van der Waals surface area contributed by atoms with Gasteiger partial charge in [-0.1, -0.05) is 45.0 Å². The Labute approximate surface area is 127 Å². The molecule has 1 aromatic heterocycles. The molecule has 3 nitrogen and oxygen atoms in total. The van der Waals surface area contributed by atoms with Gasteiger partial charge in [-0.15, -0.1) is 0 Å². The smallest absolute Gasteiger partial charge is 0.0849 e. The Morgan fingerprint density at radius 3 is 2.24 bits per heavy atom. The van der Waals surface area contributed by atoms with E-state index in [4.69, 9.17) is 0 Å². The van der Waals surface area contributed by atoms with E-state index in [2.05, 4.69) is 55.2 Å². The van der Waals surface area contributed by atoms with Crippen LogP contribution in [0.2, 0.25) is 0 Å². The van der Waals surface area contributed by atoms with Crippen LogP contribution >= 0.6 is 0 Å². The molecule has 1 aromatic carbocycles. The van der Waals surface area contributed by atoms with Crippen LogP contribution in [0.1, 0.15) is 55.0 Å². The maximum Gasteiger partial charge on any atom is 0.0849 e. The number of rotatable bonds is 3. The van der Waals surface area contributed by atoms with Crippen LogP contribution in [0.25, 0.3) is 0 Å². The van der Waals surface area contributed by atoms with E-state index in [1.807, 2.05) is 19.9 Å². The van der Waals surface area contributed by atoms with Gasteiger partial charge >= 0.3 is 0 Å². The van der Waals surface area contributed by atoms with E-state index in [-0.39, 0.29) is 5.41 Å². The van der Waals surface area contributed by atoms with E-state index < -0.39 is 6.10 Å². The van der Waals surface area contributed by atoms with Crippen molar-refractivity contribution >= 4 is 0 Å². The molecule has 0 saturated carbocycles. The molecule has 0 fully saturated rings. The number of aliphatic hydroxyl groups excluding tert-OH is 1. The molecule has 1 unspecified atom stereocenters. The quantitative estimate of drug-likeness (QED) is 0.935. The fraction of sp³-hybridized carbons (Fsp3) is 0.444. The molecule has 1 heterocycles. The molecule has 0 aliphatic carbocycles. The highest BCUT2D eigenvalue weighted by Crippen LogP contribution is 2.25. The minimum Gasteiger partial charge on any atom is -0.388 e. The van der Waals surface area contributed by atoms with E-state index in [1.54, 1.807) is 0 Å². The molecule has 1 atom stereocenters. The Hall–Kier alpha value is -1.74. The van der Waals surface area contributed by atoms with E-state index in [0.29, 0.717) is 6.42 Å². The Bertz CT molecular complexity index is 612. The highest BCUT2D eigenvalue weighted by atomic mass is 16.3. The second-order valence-electron chi connectivity index (χ2n) is 6.69. The van der Waals surface area contributed by atoms with Gasteiger partial charge in [0.05, 0.1) is 17.5 Å². The van der Waals surface area contributed by atoms with Crippen LogP contribution < -0.4 is 0 Å². The van der Waals surface area contributed by atoms with Crippen LogP contribution in [0.5, 0.6) is 0 Å². The summed E-state index contributed by atoms with van der Waals surface area (Å²) in [6.45, 7) is 10.4. The zero-order valence-corrected chi connectivity index (χ0v) is 13.5. The van der Waals surface area contributed by atoms with Crippen molar-refractivity contribution in [2.45, 2.75) is 52.6 Å². The first-order valence-electron chi connectivity index (χ1n) is 7.35. The SMILES string of the molecule is Cc1cc(C(O)Cc2ccc(C(C)(C)C)cc2)c(C)nn1. The summed E-state index contributed by atoms with van der Waals surface area (Å²) >= 11 is 0. The van der Waals surface area contributed by atoms with Crippen LogP contribution in [-0.4, -0.2) is 15.3 Å². The summed E-state index contributed by atoms with van der Waals surface area (Å²) in [5.41, 5.74) is 5.07. The molecule has 0 radical (unpaired) electrons. The second-order valence-corrected chi connectivity index (χ2v) is 6.69. The largest absolute Gasteiger partial charge is 0.388 e. The van der Waals surface area contributed by atoms with Crippen LogP contribution in [0.15, 0.2) is 30.3 Å². The molecule has 0 aliphatic heterocycles. The summed E-state index contributed by atoms with van der Waals surface area (Å²) in [4.78, 5) is 0. The number of nitrogens with zero attached hydrogens (tertiary/aromatic N) is 2. The molecule has 0 spiro atoms. The lowest BCUT2D eigenvalue weighted by Gasteiger charge is -2.19. The van der Waals surface area contributed by atoms with Gasteiger partial charge in [0.1, 0.15) is 0 Å². The van der Waals surface area contributed by atoms with Crippen molar-refractivity contribution in [3.05, 3.63) is 58.4 Å². The van der Waals surface area contributed by atoms with Crippen molar-refractivity contribution < 1.29 is 5.11 Å². The number of hydrogen-bond donors (Lipinski definition) is 1. The van der Waals surface area contributed by atoms with E-state index in [9.17, 15) is 5.11 Å². The van der Waals surface area contributed by atoms with Gasteiger partial charge in [-0.3, -0.25) is 0 Å². The zero-order valence-electron chi connectivity index (χ0n) is 13.5. The van der Waals surface area contributed by atoms with Crippen molar-refractivity contribution in [1.82, 2.24) is 10.2 Å². The Kier molecular flexibility index (Phi) is 4.43. The monoisotopic (exact) mass is 284 g/mol. The van der Waals surface area contributed by atoms with E-state index in [0.717, 1.165) is 22.5 Å². The molecular formula is C18H24N2O. The van der Waals surface area contributed by atoms with Gasteiger partial charge in [0.15, 0.2) is 0 Å². The Morgan fingerprint density at radius 2 is 1.67 bits per heavy atom. The fourth-order valence-corrected chi connectivity index (χ4v) is 2.38. The van der Waals surface area contributed by atoms with Crippen molar-refractivity contribution in [2.24, 2.45) is 0 Å². The predicted octanol–water partition coefficient (Wildman–Crippen LogP) is 3.67. The maximum atomic E-state index is 10.4. The van der Waals surface area contributed by atoms with Gasteiger partial charge in [0, 0.05) is 12.0 Å². The van der Waals surface area contributed by atoms with E-state index in [1.165, 1.54) is 5.56 Å². The topological polar surface area (TPSA) is 46.0 Å². The lowest BCUT2D eigenvalue weighted by atomic mass is 9.86. The average molecular weight is 284 g/mol. The summed E-state index contributed by atoms with van der Waals surface area (Å²) in [6, 6.07) is 10.4. The molecular weight excluding hydrogens is 260 g/mol. The van der Waals surface area contributed by atoms with E-state index >= 15 is 0 Å². The summed E-state index contributed by atoms with van der Waals surface area (Å²) < 4.78 is 0. The average Bonchev–Trinajstić information content (AvgIpc) is 2.41. The molecule has 3 heteroatoms.